The second-order valence-corrected chi connectivity index (χ2v) is 9.16. The summed E-state index contributed by atoms with van der Waals surface area (Å²) in [7, 11) is 0. The standard InChI is InChI=1S/C33H31FO6/c1-22(2)32(36)38-19-17-25-7-14-29(15-8-25)40-31(35)16-9-24-5-10-26(11-6-24)28-13-12-27(30(34)21-28)18-20-39-33(37)23(3)4/h5-16,21H,1,3,17-20H2,2,4H3/b16-9+. The first-order valence-corrected chi connectivity index (χ1v) is 12.7. The molecule has 0 spiro atoms. The van der Waals surface area contributed by atoms with Crippen LogP contribution in [0.4, 0.5) is 4.39 Å². The van der Waals surface area contributed by atoms with E-state index in [4.69, 9.17) is 14.2 Å². The molecule has 0 unspecified atom stereocenters. The molecule has 6 nitrogen and oxygen atoms in total. The van der Waals surface area contributed by atoms with Crippen molar-refractivity contribution in [2.45, 2.75) is 26.7 Å². The number of hydrogen-bond acceptors (Lipinski definition) is 6. The van der Waals surface area contributed by atoms with Gasteiger partial charge in [-0.05, 0) is 65.9 Å². The van der Waals surface area contributed by atoms with Gasteiger partial charge in [0.15, 0.2) is 0 Å². The molecule has 0 heterocycles. The Balaban J connectivity index is 1.50. The Bertz CT molecular complexity index is 1420. The van der Waals surface area contributed by atoms with Gasteiger partial charge in [-0.25, -0.2) is 18.8 Å². The van der Waals surface area contributed by atoms with Gasteiger partial charge in [0.25, 0.3) is 0 Å². The van der Waals surface area contributed by atoms with E-state index < -0.39 is 17.9 Å². The van der Waals surface area contributed by atoms with Crippen LogP contribution >= 0.6 is 0 Å². The van der Waals surface area contributed by atoms with Crippen LogP contribution < -0.4 is 4.74 Å². The molecule has 0 bridgehead atoms. The Morgan fingerprint density at radius 1 is 0.775 bits per heavy atom. The molecule has 0 atom stereocenters. The molecule has 0 saturated carbocycles. The first-order chi connectivity index (χ1) is 19.1. The molecule has 0 amide bonds. The lowest BCUT2D eigenvalue weighted by Crippen LogP contribution is -2.08. The van der Waals surface area contributed by atoms with Crippen LogP contribution in [0.2, 0.25) is 0 Å². The SMILES string of the molecule is C=C(C)C(=O)OCCc1ccc(OC(=O)/C=C/c2ccc(-c3ccc(CCOC(=O)C(=C)C)c(F)c3)cc2)cc1. The third kappa shape index (κ3) is 9.20. The molecule has 0 fully saturated rings. The fourth-order valence-corrected chi connectivity index (χ4v) is 3.52. The Hall–Kier alpha value is -4.78. The summed E-state index contributed by atoms with van der Waals surface area (Å²) in [5.41, 5.74) is 4.33. The van der Waals surface area contributed by atoms with Gasteiger partial charge in [-0.1, -0.05) is 61.7 Å². The minimum absolute atomic E-state index is 0.0749. The van der Waals surface area contributed by atoms with E-state index in [1.807, 2.05) is 24.3 Å². The summed E-state index contributed by atoms with van der Waals surface area (Å²) in [6.45, 7) is 10.5. The van der Waals surface area contributed by atoms with Crippen molar-refractivity contribution >= 4 is 24.0 Å². The van der Waals surface area contributed by atoms with E-state index in [-0.39, 0.29) is 25.5 Å². The fourth-order valence-electron chi connectivity index (χ4n) is 3.52. The Kier molecular flexibility index (Phi) is 10.7. The molecule has 0 aliphatic carbocycles. The predicted octanol–water partition coefficient (Wildman–Crippen LogP) is 6.44. The summed E-state index contributed by atoms with van der Waals surface area (Å²) in [6, 6.07) is 19.2. The highest BCUT2D eigenvalue weighted by Gasteiger charge is 2.09. The van der Waals surface area contributed by atoms with Crippen LogP contribution in [-0.4, -0.2) is 31.1 Å². The third-order valence-corrected chi connectivity index (χ3v) is 5.78. The van der Waals surface area contributed by atoms with Crippen LogP contribution in [0, 0.1) is 5.82 Å². The molecule has 0 radical (unpaired) electrons. The zero-order valence-corrected chi connectivity index (χ0v) is 22.6. The molecule has 3 rings (SSSR count). The number of halogens is 1. The van der Waals surface area contributed by atoms with Crippen LogP contribution in [0.3, 0.4) is 0 Å². The number of benzene rings is 3. The molecule has 40 heavy (non-hydrogen) atoms. The lowest BCUT2D eigenvalue weighted by atomic mass is 10.0. The second kappa shape index (κ2) is 14.4. The van der Waals surface area contributed by atoms with Crippen molar-refractivity contribution in [1.82, 2.24) is 0 Å². The largest absolute Gasteiger partial charge is 0.462 e. The summed E-state index contributed by atoms with van der Waals surface area (Å²) in [5, 5.41) is 0. The van der Waals surface area contributed by atoms with Crippen molar-refractivity contribution < 1.29 is 33.0 Å². The maximum absolute atomic E-state index is 14.6. The summed E-state index contributed by atoms with van der Waals surface area (Å²) < 4.78 is 30.0. The first kappa shape index (κ1) is 29.8. The lowest BCUT2D eigenvalue weighted by molar-refractivity contribution is -0.139. The van der Waals surface area contributed by atoms with E-state index in [1.54, 1.807) is 56.3 Å². The van der Waals surface area contributed by atoms with Gasteiger partial charge in [0.05, 0.1) is 13.2 Å². The van der Waals surface area contributed by atoms with Crippen LogP contribution in [0.25, 0.3) is 17.2 Å². The number of carbonyl (C=O) groups is 3. The maximum atomic E-state index is 14.6. The molecule has 0 saturated heterocycles. The van der Waals surface area contributed by atoms with E-state index >= 15 is 0 Å². The average Bonchev–Trinajstić information content (AvgIpc) is 2.93. The number of rotatable bonds is 12. The molecule has 0 aromatic heterocycles. The highest BCUT2D eigenvalue weighted by atomic mass is 19.1. The van der Waals surface area contributed by atoms with Gasteiger partial charge in [-0.2, -0.15) is 0 Å². The van der Waals surface area contributed by atoms with Gasteiger partial charge >= 0.3 is 17.9 Å². The third-order valence-electron chi connectivity index (χ3n) is 5.78. The van der Waals surface area contributed by atoms with Crippen LogP contribution in [0.15, 0.2) is 97.1 Å². The van der Waals surface area contributed by atoms with Gasteiger partial charge < -0.3 is 14.2 Å². The van der Waals surface area contributed by atoms with Crippen molar-refractivity contribution in [3.8, 4) is 16.9 Å². The zero-order valence-electron chi connectivity index (χ0n) is 22.6. The Morgan fingerprint density at radius 3 is 1.93 bits per heavy atom. The smallest absolute Gasteiger partial charge is 0.336 e. The van der Waals surface area contributed by atoms with E-state index in [2.05, 4.69) is 13.2 Å². The van der Waals surface area contributed by atoms with Crippen molar-refractivity contribution in [3.05, 3.63) is 120 Å². The number of carbonyl (C=O) groups excluding carboxylic acids is 3. The quantitative estimate of drug-likeness (QED) is 0.149. The van der Waals surface area contributed by atoms with E-state index in [1.165, 1.54) is 12.1 Å². The summed E-state index contributed by atoms with van der Waals surface area (Å²) in [5.74, 6) is -1.43. The lowest BCUT2D eigenvalue weighted by Gasteiger charge is -2.08. The van der Waals surface area contributed by atoms with Gasteiger partial charge in [-0.3, -0.25) is 0 Å². The van der Waals surface area contributed by atoms with Gasteiger partial charge in [-0.15, -0.1) is 0 Å². The molecule has 0 aliphatic rings. The van der Waals surface area contributed by atoms with Crippen molar-refractivity contribution in [1.29, 1.82) is 0 Å². The normalized spacial score (nSPS) is 10.7. The number of esters is 3. The molecule has 0 aliphatic heterocycles. The van der Waals surface area contributed by atoms with Gasteiger partial charge in [0.1, 0.15) is 11.6 Å². The van der Waals surface area contributed by atoms with Crippen molar-refractivity contribution in [2.75, 3.05) is 13.2 Å². The Morgan fingerprint density at radius 2 is 1.35 bits per heavy atom. The monoisotopic (exact) mass is 542 g/mol. The maximum Gasteiger partial charge on any atom is 0.336 e. The topological polar surface area (TPSA) is 78.9 Å². The van der Waals surface area contributed by atoms with Crippen molar-refractivity contribution in [3.63, 3.8) is 0 Å². The van der Waals surface area contributed by atoms with E-state index in [0.29, 0.717) is 34.4 Å². The number of ether oxygens (including phenoxy) is 3. The molecule has 7 heteroatoms. The molecule has 3 aromatic rings. The van der Waals surface area contributed by atoms with E-state index in [0.717, 1.165) is 16.7 Å². The predicted molar refractivity (Wildman–Crippen MR) is 152 cm³/mol. The summed E-state index contributed by atoms with van der Waals surface area (Å²) in [4.78, 5) is 35.1. The minimum Gasteiger partial charge on any atom is -0.462 e. The molecular weight excluding hydrogens is 511 g/mol. The second-order valence-electron chi connectivity index (χ2n) is 9.16. The van der Waals surface area contributed by atoms with Crippen molar-refractivity contribution in [2.24, 2.45) is 0 Å². The first-order valence-electron chi connectivity index (χ1n) is 12.7. The van der Waals surface area contributed by atoms with Crippen LogP contribution in [0.1, 0.15) is 30.5 Å². The highest BCUT2D eigenvalue weighted by molar-refractivity contribution is 5.89. The highest BCUT2D eigenvalue weighted by Crippen LogP contribution is 2.23. The average molecular weight is 543 g/mol. The van der Waals surface area contributed by atoms with Crippen LogP contribution in [0.5, 0.6) is 5.75 Å². The van der Waals surface area contributed by atoms with Gasteiger partial charge in [0.2, 0.25) is 0 Å². The van der Waals surface area contributed by atoms with Gasteiger partial charge in [0, 0.05) is 30.1 Å². The zero-order chi connectivity index (χ0) is 29.1. The molecule has 0 N–H and O–H groups in total. The fraction of sp³-hybridized carbons (Fsp3) is 0.182. The summed E-state index contributed by atoms with van der Waals surface area (Å²) in [6.07, 6.45) is 3.76. The minimum atomic E-state index is -0.529. The van der Waals surface area contributed by atoms with E-state index in [9.17, 15) is 18.8 Å². The molecule has 206 valence electrons. The molecule has 3 aromatic carbocycles. The Labute approximate surface area is 233 Å². The molecular formula is C33H31FO6. The van der Waals surface area contributed by atoms with Crippen LogP contribution in [-0.2, 0) is 36.7 Å². The summed E-state index contributed by atoms with van der Waals surface area (Å²) >= 11 is 0. The number of hydrogen-bond donors (Lipinski definition) is 0.